The standard InChI is InChI=1S/C16H20BrClFNO/c1-2-20-14-9-15(16(14)5-3-4-6-16)21-13-8-12(19)11(18)7-10(13)17/h7-8,14-15,20H,2-6,9H2,1H3. The molecule has 0 saturated heterocycles. The van der Waals surface area contributed by atoms with E-state index in [0.29, 0.717) is 16.3 Å². The van der Waals surface area contributed by atoms with Crippen LogP contribution < -0.4 is 10.1 Å². The van der Waals surface area contributed by atoms with E-state index in [4.69, 9.17) is 16.3 Å². The number of rotatable bonds is 4. The maximum absolute atomic E-state index is 13.7. The molecule has 2 atom stereocenters. The summed E-state index contributed by atoms with van der Waals surface area (Å²) in [5.74, 6) is 0.126. The molecule has 2 unspecified atom stereocenters. The van der Waals surface area contributed by atoms with Gasteiger partial charge in [0.1, 0.15) is 17.7 Å². The fourth-order valence-corrected chi connectivity index (χ4v) is 4.63. The van der Waals surface area contributed by atoms with Gasteiger partial charge in [0.25, 0.3) is 0 Å². The van der Waals surface area contributed by atoms with E-state index in [9.17, 15) is 4.39 Å². The molecule has 1 aromatic rings. The Kier molecular flexibility index (Phi) is 4.49. The molecule has 5 heteroatoms. The van der Waals surface area contributed by atoms with Crippen LogP contribution in [0, 0.1) is 11.2 Å². The average molecular weight is 377 g/mol. The van der Waals surface area contributed by atoms with Crippen molar-refractivity contribution in [2.45, 2.75) is 51.2 Å². The molecule has 2 fully saturated rings. The summed E-state index contributed by atoms with van der Waals surface area (Å²) in [4.78, 5) is 0. The van der Waals surface area contributed by atoms with Crippen LogP contribution in [0.2, 0.25) is 5.02 Å². The molecule has 2 aliphatic carbocycles. The maximum Gasteiger partial charge on any atom is 0.145 e. The smallest absolute Gasteiger partial charge is 0.145 e. The van der Waals surface area contributed by atoms with Crippen LogP contribution in [0.5, 0.6) is 5.75 Å². The summed E-state index contributed by atoms with van der Waals surface area (Å²) in [6.45, 7) is 3.13. The molecule has 2 saturated carbocycles. The van der Waals surface area contributed by atoms with Crippen molar-refractivity contribution in [2.75, 3.05) is 6.54 Å². The Morgan fingerprint density at radius 2 is 2.14 bits per heavy atom. The van der Waals surface area contributed by atoms with Crippen molar-refractivity contribution < 1.29 is 9.13 Å². The number of hydrogen-bond acceptors (Lipinski definition) is 2. The minimum absolute atomic E-state index is 0.115. The summed E-state index contributed by atoms with van der Waals surface area (Å²) in [7, 11) is 0. The van der Waals surface area contributed by atoms with Crippen LogP contribution in [0.15, 0.2) is 16.6 Å². The minimum atomic E-state index is -0.433. The van der Waals surface area contributed by atoms with E-state index in [1.807, 2.05) is 0 Å². The quantitative estimate of drug-likeness (QED) is 0.752. The number of benzene rings is 1. The highest BCUT2D eigenvalue weighted by molar-refractivity contribution is 9.10. The summed E-state index contributed by atoms with van der Waals surface area (Å²) in [6, 6.07) is 3.48. The second-order valence-corrected chi connectivity index (χ2v) is 7.35. The molecule has 0 heterocycles. The highest BCUT2D eigenvalue weighted by Crippen LogP contribution is 2.55. The van der Waals surface area contributed by atoms with Crippen LogP contribution in [0.4, 0.5) is 4.39 Å². The Bertz CT molecular complexity index is 533. The van der Waals surface area contributed by atoms with Gasteiger partial charge in [-0.3, -0.25) is 0 Å². The van der Waals surface area contributed by atoms with Crippen molar-refractivity contribution in [1.29, 1.82) is 0 Å². The Balaban J connectivity index is 1.78. The van der Waals surface area contributed by atoms with Crippen molar-refractivity contribution in [3.05, 3.63) is 27.4 Å². The lowest BCUT2D eigenvalue weighted by Crippen LogP contribution is -2.63. The van der Waals surface area contributed by atoms with Crippen molar-refractivity contribution in [2.24, 2.45) is 5.41 Å². The van der Waals surface area contributed by atoms with Crippen LogP contribution >= 0.6 is 27.5 Å². The second-order valence-electron chi connectivity index (χ2n) is 6.09. The normalized spacial score (nSPS) is 26.9. The Hall–Kier alpha value is -0.320. The fourth-order valence-electron chi connectivity index (χ4n) is 3.90. The molecule has 116 valence electrons. The third-order valence-electron chi connectivity index (χ3n) is 5.01. The van der Waals surface area contributed by atoms with Crippen molar-refractivity contribution in [1.82, 2.24) is 5.32 Å². The molecule has 1 spiro atoms. The summed E-state index contributed by atoms with van der Waals surface area (Å²) >= 11 is 9.20. The third-order valence-corrected chi connectivity index (χ3v) is 5.92. The molecule has 0 aromatic heterocycles. The lowest BCUT2D eigenvalue weighted by Gasteiger charge is -2.54. The molecule has 3 rings (SSSR count). The number of hydrogen-bond donors (Lipinski definition) is 1. The van der Waals surface area contributed by atoms with Gasteiger partial charge < -0.3 is 10.1 Å². The zero-order chi connectivity index (χ0) is 15.0. The van der Waals surface area contributed by atoms with E-state index in [1.165, 1.54) is 31.7 Å². The molecular weight excluding hydrogens is 357 g/mol. The predicted octanol–water partition coefficient (Wildman–Crippen LogP) is 4.93. The zero-order valence-electron chi connectivity index (χ0n) is 12.1. The predicted molar refractivity (Wildman–Crippen MR) is 86.5 cm³/mol. The van der Waals surface area contributed by atoms with E-state index in [2.05, 4.69) is 28.2 Å². The first-order valence-corrected chi connectivity index (χ1v) is 8.78. The first kappa shape index (κ1) is 15.6. The molecule has 21 heavy (non-hydrogen) atoms. The van der Waals surface area contributed by atoms with Gasteiger partial charge in [0.05, 0.1) is 9.50 Å². The SMILES string of the molecule is CCNC1CC(Oc2cc(F)c(Cl)cc2Br)C12CCCC2. The number of halogens is 3. The Labute approximate surface area is 138 Å². The van der Waals surface area contributed by atoms with Gasteiger partial charge >= 0.3 is 0 Å². The van der Waals surface area contributed by atoms with Crippen LogP contribution in [0.1, 0.15) is 39.0 Å². The van der Waals surface area contributed by atoms with E-state index >= 15 is 0 Å². The molecule has 0 bridgehead atoms. The zero-order valence-corrected chi connectivity index (χ0v) is 14.4. The summed E-state index contributed by atoms with van der Waals surface area (Å²) in [5, 5.41) is 3.69. The first-order chi connectivity index (χ1) is 10.1. The Morgan fingerprint density at radius 3 is 2.81 bits per heavy atom. The Morgan fingerprint density at radius 1 is 1.43 bits per heavy atom. The van der Waals surface area contributed by atoms with Gasteiger partial charge in [-0.2, -0.15) is 0 Å². The van der Waals surface area contributed by atoms with Crippen molar-refractivity contribution >= 4 is 27.5 Å². The van der Waals surface area contributed by atoms with Gasteiger partial charge in [-0.05, 0) is 41.4 Å². The van der Waals surface area contributed by atoms with Gasteiger partial charge in [-0.15, -0.1) is 0 Å². The van der Waals surface area contributed by atoms with Crippen molar-refractivity contribution in [3.8, 4) is 5.75 Å². The lowest BCUT2D eigenvalue weighted by atomic mass is 9.60. The first-order valence-electron chi connectivity index (χ1n) is 7.61. The van der Waals surface area contributed by atoms with Crippen LogP contribution in [-0.2, 0) is 0 Å². The summed E-state index contributed by atoms with van der Waals surface area (Å²) < 4.78 is 20.5. The van der Waals surface area contributed by atoms with Gasteiger partial charge in [-0.25, -0.2) is 4.39 Å². The highest BCUT2D eigenvalue weighted by atomic mass is 79.9. The molecule has 0 aliphatic heterocycles. The maximum atomic E-state index is 13.7. The van der Waals surface area contributed by atoms with E-state index in [0.717, 1.165) is 13.0 Å². The molecular formula is C16H20BrClFNO. The summed E-state index contributed by atoms with van der Waals surface area (Å²) in [5.41, 5.74) is 0.228. The van der Waals surface area contributed by atoms with Gasteiger partial charge in [0, 0.05) is 23.9 Å². The van der Waals surface area contributed by atoms with Crippen LogP contribution in [0.3, 0.4) is 0 Å². The minimum Gasteiger partial charge on any atom is -0.488 e. The average Bonchev–Trinajstić information content (AvgIpc) is 2.95. The van der Waals surface area contributed by atoms with Gasteiger partial charge in [0.15, 0.2) is 0 Å². The second kappa shape index (κ2) is 6.05. The van der Waals surface area contributed by atoms with Crippen LogP contribution in [0.25, 0.3) is 0 Å². The van der Waals surface area contributed by atoms with E-state index in [-0.39, 0.29) is 16.5 Å². The topological polar surface area (TPSA) is 21.3 Å². The largest absolute Gasteiger partial charge is 0.488 e. The summed E-state index contributed by atoms with van der Waals surface area (Å²) in [6.07, 6.45) is 6.08. The molecule has 2 aliphatic rings. The number of nitrogens with one attached hydrogen (secondary N) is 1. The van der Waals surface area contributed by atoms with Crippen LogP contribution in [-0.4, -0.2) is 18.7 Å². The number of ether oxygens (including phenoxy) is 1. The highest BCUT2D eigenvalue weighted by Gasteiger charge is 2.57. The molecule has 1 N–H and O–H groups in total. The molecule has 0 amide bonds. The van der Waals surface area contributed by atoms with E-state index < -0.39 is 5.82 Å². The van der Waals surface area contributed by atoms with Crippen molar-refractivity contribution in [3.63, 3.8) is 0 Å². The van der Waals surface area contributed by atoms with E-state index in [1.54, 1.807) is 6.07 Å². The molecule has 2 nitrogen and oxygen atoms in total. The monoisotopic (exact) mass is 375 g/mol. The van der Waals surface area contributed by atoms with Gasteiger partial charge in [-0.1, -0.05) is 31.4 Å². The van der Waals surface area contributed by atoms with Gasteiger partial charge in [0.2, 0.25) is 0 Å². The molecule has 1 aromatic carbocycles. The lowest BCUT2D eigenvalue weighted by molar-refractivity contribution is -0.0759. The third kappa shape index (κ3) is 2.71. The fraction of sp³-hybridized carbons (Fsp3) is 0.625. The molecule has 0 radical (unpaired) electrons.